The van der Waals surface area contributed by atoms with Crippen molar-refractivity contribution < 1.29 is 0 Å². The van der Waals surface area contributed by atoms with Crippen LogP contribution in [-0.4, -0.2) is 41.1 Å². The summed E-state index contributed by atoms with van der Waals surface area (Å²) in [6, 6.07) is 2.37. The zero-order valence-corrected chi connectivity index (χ0v) is 16.8. The lowest BCUT2D eigenvalue weighted by atomic mass is 10.2. The van der Waals surface area contributed by atoms with Crippen molar-refractivity contribution in [1.82, 2.24) is 14.8 Å². The number of nitrogens with two attached hydrogens (primary N) is 1. The molecule has 0 aliphatic carbocycles. The summed E-state index contributed by atoms with van der Waals surface area (Å²) >= 11 is 12.0. The van der Waals surface area contributed by atoms with E-state index in [0.29, 0.717) is 28.7 Å². The first kappa shape index (κ1) is 19.9. The van der Waals surface area contributed by atoms with Crippen molar-refractivity contribution in [3.63, 3.8) is 0 Å². The second-order valence-electron chi connectivity index (χ2n) is 5.34. The molecule has 1 aromatic rings. The number of guanidine groups is 1. The highest BCUT2D eigenvalue weighted by molar-refractivity contribution is 14.0. The molecule has 5 nitrogen and oxygen atoms in total. The van der Waals surface area contributed by atoms with Crippen molar-refractivity contribution in [3.05, 3.63) is 21.9 Å². The molecule has 1 saturated heterocycles. The number of likely N-dealkylation sites (N-methyl/N-ethyl adjacent to an activating group) is 1. The number of halogens is 3. The maximum Gasteiger partial charge on any atom is 0.189 e. The van der Waals surface area contributed by atoms with Gasteiger partial charge in [-0.3, -0.25) is 4.90 Å². The smallest absolute Gasteiger partial charge is 0.189 e. The summed E-state index contributed by atoms with van der Waals surface area (Å²) in [5, 5.41) is 4.28. The van der Waals surface area contributed by atoms with E-state index in [4.69, 9.17) is 28.9 Å². The lowest BCUT2D eigenvalue weighted by Crippen LogP contribution is -2.42. The van der Waals surface area contributed by atoms with Gasteiger partial charge in [0.05, 0.1) is 11.6 Å². The normalized spacial score (nSPS) is 19.3. The number of likely N-dealkylation sites (tertiary alicyclic amines) is 1. The average molecular weight is 460 g/mol. The maximum atomic E-state index is 6.02. The Labute approximate surface area is 159 Å². The molecule has 1 aromatic heterocycles. The summed E-state index contributed by atoms with van der Waals surface area (Å²) in [5.41, 5.74) is 6.86. The van der Waals surface area contributed by atoms with E-state index in [9.17, 15) is 0 Å². The van der Waals surface area contributed by atoms with Crippen LogP contribution in [0.4, 0.5) is 0 Å². The van der Waals surface area contributed by atoms with Crippen LogP contribution in [0.1, 0.15) is 25.5 Å². The summed E-state index contributed by atoms with van der Waals surface area (Å²) in [6.45, 7) is 5.77. The van der Waals surface area contributed by atoms with Crippen LogP contribution in [0.2, 0.25) is 10.2 Å². The molecule has 22 heavy (non-hydrogen) atoms. The summed E-state index contributed by atoms with van der Waals surface area (Å²) in [5.74, 6) is 0.464. The molecule has 0 bridgehead atoms. The van der Waals surface area contributed by atoms with Crippen LogP contribution < -0.4 is 11.1 Å². The van der Waals surface area contributed by atoms with Crippen LogP contribution in [0.15, 0.2) is 11.1 Å². The molecular formula is C14H24Cl2IN5. The van der Waals surface area contributed by atoms with E-state index in [1.807, 2.05) is 17.7 Å². The van der Waals surface area contributed by atoms with Gasteiger partial charge in [-0.2, -0.15) is 0 Å². The first-order valence-corrected chi connectivity index (χ1v) is 8.06. The van der Waals surface area contributed by atoms with Crippen LogP contribution in [0, 0.1) is 0 Å². The molecule has 0 aromatic carbocycles. The molecule has 1 aliphatic heterocycles. The minimum Gasteiger partial charge on any atom is -0.370 e. The molecule has 0 saturated carbocycles. The fourth-order valence-corrected chi connectivity index (χ4v) is 3.14. The minimum atomic E-state index is 0. The standard InChI is InChI=1S/C14H23Cl2N5.HI/c1-3-21-6-4-5-10(21)8-18-14(17)19-9-11-7-12(15)13(16)20(11)2;/h7,10H,3-6,8-9H2,1-2H3,(H3,17,18,19);1H. The Morgan fingerprint density at radius 3 is 2.82 bits per heavy atom. The highest BCUT2D eigenvalue weighted by Crippen LogP contribution is 2.25. The first-order chi connectivity index (χ1) is 10.0. The van der Waals surface area contributed by atoms with Gasteiger partial charge in [0.15, 0.2) is 5.96 Å². The third-order valence-electron chi connectivity index (χ3n) is 4.05. The van der Waals surface area contributed by atoms with E-state index in [0.717, 1.165) is 18.8 Å². The zero-order chi connectivity index (χ0) is 15.4. The van der Waals surface area contributed by atoms with Crippen molar-refractivity contribution >= 4 is 53.1 Å². The number of rotatable bonds is 5. The van der Waals surface area contributed by atoms with Crippen molar-refractivity contribution in [2.24, 2.45) is 17.8 Å². The third-order valence-corrected chi connectivity index (χ3v) is 4.89. The van der Waals surface area contributed by atoms with E-state index in [2.05, 4.69) is 22.1 Å². The quantitative estimate of drug-likeness (QED) is 0.404. The van der Waals surface area contributed by atoms with Gasteiger partial charge in [0.25, 0.3) is 0 Å². The Bertz CT molecular complexity index is 518. The monoisotopic (exact) mass is 459 g/mol. The summed E-state index contributed by atoms with van der Waals surface area (Å²) in [7, 11) is 1.86. The van der Waals surface area contributed by atoms with Crippen LogP contribution in [0.3, 0.4) is 0 Å². The lowest BCUT2D eigenvalue weighted by molar-refractivity contribution is 0.267. The Morgan fingerprint density at radius 1 is 1.50 bits per heavy atom. The Balaban J connectivity index is 0.00000242. The predicted molar refractivity (Wildman–Crippen MR) is 104 cm³/mol. The van der Waals surface area contributed by atoms with Gasteiger partial charge in [0.1, 0.15) is 5.15 Å². The molecule has 126 valence electrons. The van der Waals surface area contributed by atoms with Gasteiger partial charge in [-0.15, -0.1) is 24.0 Å². The fourth-order valence-electron chi connectivity index (χ4n) is 2.73. The average Bonchev–Trinajstić information content (AvgIpc) is 3.03. The van der Waals surface area contributed by atoms with Gasteiger partial charge in [-0.05, 0) is 32.0 Å². The lowest BCUT2D eigenvalue weighted by Gasteiger charge is -2.23. The second kappa shape index (κ2) is 9.20. The van der Waals surface area contributed by atoms with Gasteiger partial charge >= 0.3 is 0 Å². The number of hydrogen-bond donors (Lipinski definition) is 2. The SMILES string of the molecule is CCN1CCCC1CNC(N)=NCc1cc(Cl)c(Cl)n1C.I. The van der Waals surface area contributed by atoms with Crippen LogP contribution in [0.5, 0.6) is 0 Å². The van der Waals surface area contributed by atoms with Crippen molar-refractivity contribution in [2.45, 2.75) is 32.4 Å². The van der Waals surface area contributed by atoms with Crippen molar-refractivity contribution in [3.8, 4) is 0 Å². The molecule has 1 aliphatic rings. The zero-order valence-electron chi connectivity index (χ0n) is 13.0. The summed E-state index contributed by atoms with van der Waals surface area (Å²) in [4.78, 5) is 6.82. The molecule has 3 N–H and O–H groups in total. The molecule has 2 heterocycles. The molecule has 0 amide bonds. The van der Waals surface area contributed by atoms with E-state index < -0.39 is 0 Å². The molecule has 0 spiro atoms. The molecule has 0 radical (unpaired) electrons. The Hall–Kier alpha value is -0.180. The highest BCUT2D eigenvalue weighted by atomic mass is 127. The topological polar surface area (TPSA) is 58.6 Å². The van der Waals surface area contributed by atoms with E-state index >= 15 is 0 Å². The molecule has 2 rings (SSSR count). The number of nitrogens with one attached hydrogen (secondary N) is 1. The molecule has 1 unspecified atom stereocenters. The van der Waals surface area contributed by atoms with Crippen LogP contribution in [-0.2, 0) is 13.6 Å². The highest BCUT2D eigenvalue weighted by Gasteiger charge is 2.22. The van der Waals surface area contributed by atoms with E-state index in [1.165, 1.54) is 19.4 Å². The molecule has 1 atom stereocenters. The molecule has 8 heteroatoms. The van der Waals surface area contributed by atoms with Crippen molar-refractivity contribution in [2.75, 3.05) is 19.6 Å². The Morgan fingerprint density at radius 2 is 2.23 bits per heavy atom. The molecular weight excluding hydrogens is 436 g/mol. The van der Waals surface area contributed by atoms with Crippen LogP contribution >= 0.6 is 47.2 Å². The Kier molecular flexibility index (Phi) is 8.31. The maximum absolute atomic E-state index is 6.02. The fraction of sp³-hybridized carbons (Fsp3) is 0.643. The minimum absolute atomic E-state index is 0. The van der Waals surface area contributed by atoms with E-state index in [1.54, 1.807) is 0 Å². The molecule has 1 fully saturated rings. The number of nitrogens with zero attached hydrogens (tertiary/aromatic N) is 3. The van der Waals surface area contributed by atoms with Crippen LogP contribution in [0.25, 0.3) is 0 Å². The van der Waals surface area contributed by atoms with Gasteiger partial charge in [-0.25, -0.2) is 4.99 Å². The summed E-state index contributed by atoms with van der Waals surface area (Å²) in [6.07, 6.45) is 2.48. The number of aliphatic imine (C=N–C) groups is 1. The van der Waals surface area contributed by atoms with Gasteiger partial charge < -0.3 is 15.6 Å². The predicted octanol–water partition coefficient (Wildman–Crippen LogP) is 2.84. The first-order valence-electron chi connectivity index (χ1n) is 7.30. The number of hydrogen-bond acceptors (Lipinski definition) is 2. The van der Waals surface area contributed by atoms with Gasteiger partial charge in [0.2, 0.25) is 0 Å². The number of aromatic nitrogens is 1. The van der Waals surface area contributed by atoms with Gasteiger partial charge in [0, 0.05) is 25.3 Å². The largest absolute Gasteiger partial charge is 0.370 e. The van der Waals surface area contributed by atoms with Crippen molar-refractivity contribution in [1.29, 1.82) is 0 Å². The van der Waals surface area contributed by atoms with Gasteiger partial charge in [-0.1, -0.05) is 30.1 Å². The third kappa shape index (κ3) is 4.91. The second-order valence-corrected chi connectivity index (χ2v) is 6.11. The van der Waals surface area contributed by atoms with E-state index in [-0.39, 0.29) is 24.0 Å². The summed E-state index contributed by atoms with van der Waals surface area (Å²) < 4.78 is 1.82.